The van der Waals surface area contributed by atoms with E-state index in [9.17, 15) is 18.0 Å². The molecule has 86 valence electrons. The Kier molecular flexibility index (Phi) is 3.89. The molecule has 0 saturated carbocycles. The molecule has 0 aromatic heterocycles. The summed E-state index contributed by atoms with van der Waals surface area (Å²) in [6.07, 6.45) is -0.484. The van der Waals surface area contributed by atoms with Gasteiger partial charge in [-0.2, -0.15) is 13.2 Å². The van der Waals surface area contributed by atoms with Crippen LogP contribution in [0.3, 0.4) is 0 Å². The molecule has 4 nitrogen and oxygen atoms in total. The Morgan fingerprint density at radius 2 is 1.80 bits per heavy atom. The molecule has 0 heterocycles. The second kappa shape index (κ2) is 4.33. The minimum absolute atomic E-state index is 0.222. The smallest absolute Gasteiger partial charge is 0.475 e. The fraction of sp³-hybridized carbons (Fsp3) is 0.500. The number of primary amides is 1. The summed E-state index contributed by atoms with van der Waals surface area (Å²) in [4.78, 5) is 19.4. The van der Waals surface area contributed by atoms with Crippen molar-refractivity contribution in [2.24, 2.45) is 11.1 Å². The molecule has 1 aliphatic rings. The SMILES string of the molecule is CC1(C(N)=O)C=CC1.O=C(O)C(F)(F)F. The lowest BCUT2D eigenvalue weighted by molar-refractivity contribution is -0.192. The van der Waals surface area contributed by atoms with Gasteiger partial charge in [0, 0.05) is 0 Å². The molecule has 1 aliphatic carbocycles. The second-order valence-corrected chi connectivity index (χ2v) is 3.19. The lowest BCUT2D eigenvalue weighted by Gasteiger charge is -2.26. The van der Waals surface area contributed by atoms with E-state index < -0.39 is 12.1 Å². The lowest BCUT2D eigenvalue weighted by Crippen LogP contribution is -2.35. The van der Waals surface area contributed by atoms with Crippen LogP contribution in [-0.2, 0) is 9.59 Å². The van der Waals surface area contributed by atoms with Crippen molar-refractivity contribution in [3.05, 3.63) is 12.2 Å². The van der Waals surface area contributed by atoms with Crippen LogP contribution < -0.4 is 5.73 Å². The summed E-state index contributed by atoms with van der Waals surface area (Å²) < 4.78 is 31.7. The summed E-state index contributed by atoms with van der Waals surface area (Å²) in [5.41, 5.74) is 4.72. The number of aliphatic carboxylic acids is 1. The van der Waals surface area contributed by atoms with E-state index in [-0.39, 0.29) is 11.3 Å². The average molecular weight is 225 g/mol. The third-order valence-corrected chi connectivity index (χ3v) is 1.83. The monoisotopic (exact) mass is 225 g/mol. The van der Waals surface area contributed by atoms with Crippen molar-refractivity contribution in [1.29, 1.82) is 0 Å². The quantitative estimate of drug-likeness (QED) is 0.655. The second-order valence-electron chi connectivity index (χ2n) is 3.19. The minimum atomic E-state index is -5.08. The van der Waals surface area contributed by atoms with Gasteiger partial charge in [0.2, 0.25) is 5.91 Å². The highest BCUT2D eigenvalue weighted by molar-refractivity contribution is 5.84. The van der Waals surface area contributed by atoms with Gasteiger partial charge in [0.1, 0.15) is 0 Å². The largest absolute Gasteiger partial charge is 0.490 e. The molecule has 1 rings (SSSR count). The van der Waals surface area contributed by atoms with Crippen LogP contribution in [0.15, 0.2) is 12.2 Å². The molecule has 1 amide bonds. The molecule has 0 saturated heterocycles. The van der Waals surface area contributed by atoms with E-state index >= 15 is 0 Å². The van der Waals surface area contributed by atoms with E-state index in [1.807, 2.05) is 19.1 Å². The summed E-state index contributed by atoms with van der Waals surface area (Å²) in [5.74, 6) is -2.98. The molecule has 1 atom stereocenters. The zero-order chi connectivity index (χ0) is 12.3. The fourth-order valence-corrected chi connectivity index (χ4v) is 0.654. The fourth-order valence-electron chi connectivity index (χ4n) is 0.654. The Hall–Kier alpha value is -1.53. The first kappa shape index (κ1) is 13.5. The van der Waals surface area contributed by atoms with Gasteiger partial charge in [0.15, 0.2) is 0 Å². The van der Waals surface area contributed by atoms with Crippen LogP contribution in [0, 0.1) is 5.41 Å². The molecule has 0 radical (unpaired) electrons. The first-order chi connectivity index (χ1) is 6.59. The number of rotatable bonds is 1. The first-order valence-electron chi connectivity index (χ1n) is 3.87. The van der Waals surface area contributed by atoms with Crippen molar-refractivity contribution in [2.75, 3.05) is 0 Å². The van der Waals surface area contributed by atoms with Crippen molar-refractivity contribution in [3.8, 4) is 0 Å². The highest BCUT2D eigenvalue weighted by Gasteiger charge is 2.38. The summed E-state index contributed by atoms with van der Waals surface area (Å²) in [5, 5.41) is 7.12. The highest BCUT2D eigenvalue weighted by atomic mass is 19.4. The molecule has 3 N–H and O–H groups in total. The molecule has 0 spiro atoms. The maximum Gasteiger partial charge on any atom is 0.490 e. The molecule has 1 unspecified atom stereocenters. The molecule has 15 heavy (non-hydrogen) atoms. The van der Waals surface area contributed by atoms with Crippen molar-refractivity contribution in [3.63, 3.8) is 0 Å². The van der Waals surface area contributed by atoms with E-state index in [1.54, 1.807) is 0 Å². The third kappa shape index (κ3) is 4.01. The van der Waals surface area contributed by atoms with Crippen LogP contribution in [0.1, 0.15) is 13.3 Å². The van der Waals surface area contributed by atoms with Gasteiger partial charge in [-0.25, -0.2) is 4.79 Å². The van der Waals surface area contributed by atoms with Crippen molar-refractivity contribution >= 4 is 11.9 Å². The number of nitrogens with two attached hydrogens (primary N) is 1. The Balaban J connectivity index is 0.000000265. The highest BCUT2D eigenvalue weighted by Crippen LogP contribution is 2.31. The number of amides is 1. The molecule has 0 aliphatic heterocycles. The number of carbonyl (C=O) groups is 2. The van der Waals surface area contributed by atoms with E-state index in [1.165, 1.54) is 0 Å². The van der Waals surface area contributed by atoms with Crippen molar-refractivity contribution < 1.29 is 27.9 Å². The van der Waals surface area contributed by atoms with Crippen LogP contribution in [-0.4, -0.2) is 23.2 Å². The van der Waals surface area contributed by atoms with Gasteiger partial charge in [0.25, 0.3) is 0 Å². The molecular formula is C8H10F3NO3. The van der Waals surface area contributed by atoms with Crippen LogP contribution in [0.5, 0.6) is 0 Å². The third-order valence-electron chi connectivity index (χ3n) is 1.83. The number of carbonyl (C=O) groups excluding carboxylic acids is 1. The van der Waals surface area contributed by atoms with Gasteiger partial charge in [-0.1, -0.05) is 12.2 Å². The van der Waals surface area contributed by atoms with Crippen LogP contribution in [0.25, 0.3) is 0 Å². The maximum atomic E-state index is 10.6. The van der Waals surface area contributed by atoms with Crippen LogP contribution in [0.4, 0.5) is 13.2 Å². The minimum Gasteiger partial charge on any atom is -0.475 e. The number of halogens is 3. The molecule has 0 aromatic carbocycles. The van der Waals surface area contributed by atoms with Crippen molar-refractivity contribution in [1.82, 2.24) is 0 Å². The summed E-state index contributed by atoms with van der Waals surface area (Å²) in [6.45, 7) is 1.84. The van der Waals surface area contributed by atoms with Gasteiger partial charge in [-0.15, -0.1) is 0 Å². The van der Waals surface area contributed by atoms with E-state index in [0.29, 0.717) is 0 Å². The maximum absolute atomic E-state index is 10.6. The number of hydrogen-bond acceptors (Lipinski definition) is 2. The predicted molar refractivity (Wildman–Crippen MR) is 44.7 cm³/mol. The number of carboxylic acid groups (broad SMARTS) is 1. The van der Waals surface area contributed by atoms with E-state index in [4.69, 9.17) is 15.6 Å². The van der Waals surface area contributed by atoms with Gasteiger partial charge in [0.05, 0.1) is 5.41 Å². The van der Waals surface area contributed by atoms with Gasteiger partial charge >= 0.3 is 12.1 Å². The zero-order valence-electron chi connectivity index (χ0n) is 7.84. The Labute approximate surface area is 83.6 Å². The van der Waals surface area contributed by atoms with Crippen molar-refractivity contribution in [2.45, 2.75) is 19.5 Å². The normalized spacial score (nSPS) is 23.5. The molecule has 0 bridgehead atoms. The van der Waals surface area contributed by atoms with Crippen LogP contribution >= 0.6 is 0 Å². The number of alkyl halides is 3. The summed E-state index contributed by atoms with van der Waals surface area (Å²) >= 11 is 0. The standard InChI is InChI=1S/C6H9NO.C2HF3O2/c1-6(5(7)8)3-2-4-6;3-2(4,5)1(6)7/h2-3H,4H2,1H3,(H2,7,8);(H,6,7). The molecular weight excluding hydrogens is 215 g/mol. The Morgan fingerprint density at radius 1 is 1.47 bits per heavy atom. The predicted octanol–water partition coefficient (Wildman–Crippen LogP) is 1.07. The van der Waals surface area contributed by atoms with E-state index in [2.05, 4.69) is 0 Å². The number of allylic oxidation sites excluding steroid dienone is 1. The topological polar surface area (TPSA) is 80.4 Å². The van der Waals surface area contributed by atoms with Gasteiger partial charge in [-0.05, 0) is 13.3 Å². The molecule has 7 heteroatoms. The Morgan fingerprint density at radius 3 is 1.80 bits per heavy atom. The van der Waals surface area contributed by atoms with E-state index in [0.717, 1.165) is 6.42 Å². The van der Waals surface area contributed by atoms with Crippen LogP contribution in [0.2, 0.25) is 0 Å². The zero-order valence-corrected chi connectivity index (χ0v) is 7.84. The summed E-state index contributed by atoms with van der Waals surface area (Å²) in [7, 11) is 0. The molecule has 0 aromatic rings. The average Bonchev–Trinajstić information content (AvgIpc) is 1.99. The number of hydrogen-bond donors (Lipinski definition) is 2. The Bertz CT molecular complexity index is 298. The van der Waals surface area contributed by atoms with Gasteiger partial charge in [-0.3, -0.25) is 4.79 Å². The number of carboxylic acids is 1. The summed E-state index contributed by atoms with van der Waals surface area (Å²) in [6, 6.07) is 0. The lowest BCUT2D eigenvalue weighted by atomic mass is 9.78. The van der Waals surface area contributed by atoms with Gasteiger partial charge < -0.3 is 10.8 Å². The first-order valence-corrected chi connectivity index (χ1v) is 3.87. The molecule has 0 fully saturated rings.